The van der Waals surface area contributed by atoms with Crippen LogP contribution in [0.4, 0.5) is 0 Å². The Bertz CT molecular complexity index is 1360. The monoisotopic (exact) mass is 531 g/mol. The lowest BCUT2D eigenvalue weighted by Crippen LogP contribution is -2.28. The van der Waals surface area contributed by atoms with Gasteiger partial charge in [0.05, 0.1) is 17.5 Å². The van der Waals surface area contributed by atoms with E-state index in [2.05, 4.69) is 101 Å². The van der Waals surface area contributed by atoms with Crippen molar-refractivity contribution in [2.24, 2.45) is 5.10 Å². The summed E-state index contributed by atoms with van der Waals surface area (Å²) in [5.74, 6) is 0.369. The SMILES string of the molecule is CCn1cc(SCC(=O)N2N=C(c3ccc(Br)cc3)C[C@@H]2c2ccc(C)cc2)c2ccccc21. The van der Waals surface area contributed by atoms with E-state index in [0.717, 1.165) is 32.8 Å². The Balaban J connectivity index is 1.41. The van der Waals surface area contributed by atoms with E-state index in [1.807, 2.05) is 12.1 Å². The molecule has 4 nitrogen and oxygen atoms in total. The molecule has 0 bridgehead atoms. The first-order valence-electron chi connectivity index (χ1n) is 11.5. The Morgan fingerprint density at radius 1 is 1.06 bits per heavy atom. The molecule has 1 aromatic heterocycles. The fourth-order valence-electron chi connectivity index (χ4n) is 4.40. The van der Waals surface area contributed by atoms with Crippen molar-refractivity contribution >= 4 is 50.2 Å². The van der Waals surface area contributed by atoms with Gasteiger partial charge in [0.15, 0.2) is 0 Å². The Kier molecular flexibility index (Phi) is 6.61. The second-order valence-electron chi connectivity index (χ2n) is 8.51. The molecule has 172 valence electrons. The molecule has 5 rings (SSSR count). The van der Waals surface area contributed by atoms with E-state index >= 15 is 0 Å². The zero-order valence-electron chi connectivity index (χ0n) is 19.2. The lowest BCUT2D eigenvalue weighted by atomic mass is 9.98. The van der Waals surface area contributed by atoms with Crippen molar-refractivity contribution in [3.63, 3.8) is 0 Å². The summed E-state index contributed by atoms with van der Waals surface area (Å²) in [6.45, 7) is 5.12. The van der Waals surface area contributed by atoms with Crippen LogP contribution in [0.25, 0.3) is 10.9 Å². The van der Waals surface area contributed by atoms with E-state index in [-0.39, 0.29) is 11.9 Å². The zero-order valence-corrected chi connectivity index (χ0v) is 21.6. The topological polar surface area (TPSA) is 37.6 Å². The molecule has 2 heterocycles. The van der Waals surface area contributed by atoms with E-state index < -0.39 is 0 Å². The molecule has 0 fully saturated rings. The largest absolute Gasteiger partial charge is 0.347 e. The minimum atomic E-state index is -0.0932. The Labute approximate surface area is 212 Å². The van der Waals surface area contributed by atoms with Crippen LogP contribution < -0.4 is 0 Å². The standard InChI is InChI=1S/C28H26BrN3OS/c1-3-31-17-27(23-6-4-5-7-25(23)31)34-18-28(33)32-26(21-10-8-19(2)9-11-21)16-24(30-32)20-12-14-22(29)15-13-20/h4-15,17,26H,3,16,18H2,1-2H3/t26-/m1/s1. The second-order valence-corrected chi connectivity index (χ2v) is 10.4. The van der Waals surface area contributed by atoms with Crippen LogP contribution in [-0.2, 0) is 11.3 Å². The van der Waals surface area contributed by atoms with Gasteiger partial charge in [0, 0.05) is 39.4 Å². The van der Waals surface area contributed by atoms with Gasteiger partial charge in [-0.25, -0.2) is 5.01 Å². The van der Waals surface area contributed by atoms with Gasteiger partial charge in [0.1, 0.15) is 0 Å². The number of hydrogen-bond donors (Lipinski definition) is 0. The molecular formula is C28H26BrN3OS. The maximum absolute atomic E-state index is 13.5. The fourth-order valence-corrected chi connectivity index (χ4v) is 5.61. The summed E-state index contributed by atoms with van der Waals surface area (Å²) >= 11 is 5.09. The number of carbonyl (C=O) groups excluding carboxylic acids is 1. The smallest absolute Gasteiger partial charge is 0.253 e. The molecule has 34 heavy (non-hydrogen) atoms. The number of aryl methyl sites for hydroxylation is 2. The molecule has 0 radical (unpaired) electrons. The van der Waals surface area contributed by atoms with Crippen LogP contribution in [0.3, 0.4) is 0 Å². The summed E-state index contributed by atoms with van der Waals surface area (Å²) in [4.78, 5) is 14.6. The molecule has 1 amide bonds. The number of fused-ring (bicyclic) bond motifs is 1. The molecule has 4 aromatic rings. The van der Waals surface area contributed by atoms with E-state index in [4.69, 9.17) is 5.10 Å². The van der Waals surface area contributed by atoms with Crippen molar-refractivity contribution in [3.05, 3.63) is 100 Å². The number of hydrazone groups is 1. The Hall–Kier alpha value is -2.83. The number of carbonyl (C=O) groups is 1. The highest BCUT2D eigenvalue weighted by Gasteiger charge is 2.33. The fraction of sp³-hybridized carbons (Fsp3) is 0.214. The van der Waals surface area contributed by atoms with Crippen molar-refractivity contribution in [2.75, 3.05) is 5.75 Å². The highest BCUT2D eigenvalue weighted by Crippen LogP contribution is 2.35. The molecule has 1 aliphatic rings. The third-order valence-electron chi connectivity index (χ3n) is 6.25. The molecule has 0 aliphatic carbocycles. The average Bonchev–Trinajstić information content (AvgIpc) is 3.46. The van der Waals surface area contributed by atoms with E-state index in [9.17, 15) is 4.79 Å². The van der Waals surface area contributed by atoms with Crippen LogP contribution in [0.5, 0.6) is 0 Å². The molecular weight excluding hydrogens is 506 g/mol. The highest BCUT2D eigenvalue weighted by molar-refractivity contribution is 9.10. The van der Waals surface area contributed by atoms with Crippen LogP contribution in [0, 0.1) is 6.92 Å². The third kappa shape index (κ3) is 4.57. The summed E-state index contributed by atoms with van der Waals surface area (Å²) < 4.78 is 3.26. The quantitative estimate of drug-likeness (QED) is 0.246. The maximum Gasteiger partial charge on any atom is 0.253 e. The summed E-state index contributed by atoms with van der Waals surface area (Å²) in [5.41, 5.74) is 5.52. The lowest BCUT2D eigenvalue weighted by Gasteiger charge is -2.22. The second kappa shape index (κ2) is 9.80. The van der Waals surface area contributed by atoms with Crippen molar-refractivity contribution in [3.8, 4) is 0 Å². The zero-order chi connectivity index (χ0) is 23.7. The molecule has 0 spiro atoms. The van der Waals surface area contributed by atoms with Gasteiger partial charge in [0.2, 0.25) is 0 Å². The van der Waals surface area contributed by atoms with Crippen LogP contribution >= 0.6 is 27.7 Å². The number of aromatic nitrogens is 1. The Morgan fingerprint density at radius 2 is 1.79 bits per heavy atom. The molecule has 3 aromatic carbocycles. The summed E-state index contributed by atoms with van der Waals surface area (Å²) in [6.07, 6.45) is 2.86. The molecule has 0 saturated heterocycles. The number of nitrogens with zero attached hydrogens (tertiary/aromatic N) is 3. The van der Waals surface area contributed by atoms with Crippen LogP contribution in [0.2, 0.25) is 0 Å². The first kappa shape index (κ1) is 22.9. The van der Waals surface area contributed by atoms with Crippen LogP contribution in [-0.4, -0.2) is 26.9 Å². The van der Waals surface area contributed by atoms with Gasteiger partial charge in [-0.15, -0.1) is 11.8 Å². The maximum atomic E-state index is 13.5. The van der Waals surface area contributed by atoms with Gasteiger partial charge in [-0.2, -0.15) is 5.10 Å². The minimum Gasteiger partial charge on any atom is -0.347 e. The molecule has 1 atom stereocenters. The van der Waals surface area contributed by atoms with Crippen molar-refractivity contribution in [2.45, 2.75) is 37.8 Å². The van der Waals surface area contributed by atoms with E-state index in [1.54, 1.807) is 16.8 Å². The number of thioether (sulfide) groups is 1. The molecule has 6 heteroatoms. The number of halogens is 1. The third-order valence-corrected chi connectivity index (χ3v) is 7.81. The molecule has 1 aliphatic heterocycles. The van der Waals surface area contributed by atoms with Gasteiger partial charge < -0.3 is 4.57 Å². The number of amides is 1. The van der Waals surface area contributed by atoms with E-state index in [1.165, 1.54) is 16.5 Å². The predicted octanol–water partition coefficient (Wildman–Crippen LogP) is 7.20. The lowest BCUT2D eigenvalue weighted by molar-refractivity contribution is -0.130. The summed E-state index contributed by atoms with van der Waals surface area (Å²) in [7, 11) is 0. The summed E-state index contributed by atoms with van der Waals surface area (Å²) in [6, 6.07) is 24.8. The first-order valence-corrected chi connectivity index (χ1v) is 13.2. The van der Waals surface area contributed by atoms with Gasteiger partial charge >= 0.3 is 0 Å². The number of hydrogen-bond acceptors (Lipinski definition) is 3. The number of para-hydroxylation sites is 1. The molecule has 0 N–H and O–H groups in total. The van der Waals surface area contributed by atoms with E-state index in [0.29, 0.717) is 12.2 Å². The van der Waals surface area contributed by atoms with Gasteiger partial charge in [-0.3, -0.25) is 4.79 Å². The van der Waals surface area contributed by atoms with Crippen LogP contribution in [0.1, 0.15) is 36.1 Å². The highest BCUT2D eigenvalue weighted by atomic mass is 79.9. The Morgan fingerprint density at radius 3 is 2.53 bits per heavy atom. The van der Waals surface area contributed by atoms with Gasteiger partial charge in [-0.05, 0) is 43.2 Å². The van der Waals surface area contributed by atoms with Gasteiger partial charge in [-0.1, -0.05) is 76.1 Å². The average molecular weight is 533 g/mol. The van der Waals surface area contributed by atoms with Crippen molar-refractivity contribution in [1.82, 2.24) is 9.58 Å². The molecule has 0 saturated carbocycles. The van der Waals surface area contributed by atoms with Crippen LogP contribution in [0.15, 0.2) is 93.5 Å². The van der Waals surface area contributed by atoms with Crippen molar-refractivity contribution < 1.29 is 4.79 Å². The normalized spacial score (nSPS) is 15.7. The number of rotatable bonds is 6. The summed E-state index contributed by atoms with van der Waals surface area (Å²) in [5, 5.41) is 7.73. The molecule has 0 unspecified atom stereocenters. The van der Waals surface area contributed by atoms with Crippen molar-refractivity contribution in [1.29, 1.82) is 0 Å². The van der Waals surface area contributed by atoms with Gasteiger partial charge in [0.25, 0.3) is 5.91 Å². The minimum absolute atomic E-state index is 0.0241. The predicted molar refractivity (Wildman–Crippen MR) is 144 cm³/mol. The number of benzene rings is 3. The first-order chi connectivity index (χ1) is 16.5.